The summed E-state index contributed by atoms with van der Waals surface area (Å²) in [6.45, 7) is 8.11. The maximum atomic E-state index is 12.5. The second-order valence-corrected chi connectivity index (χ2v) is 6.83. The van der Waals surface area contributed by atoms with Gasteiger partial charge in [-0.15, -0.1) is 24.0 Å². The molecule has 1 aromatic carbocycles. The Morgan fingerprint density at radius 3 is 2.43 bits per heavy atom. The van der Waals surface area contributed by atoms with E-state index in [0.29, 0.717) is 37.6 Å². The summed E-state index contributed by atoms with van der Waals surface area (Å²) in [5, 5.41) is 6.67. The number of guanidine groups is 1. The molecule has 0 spiro atoms. The summed E-state index contributed by atoms with van der Waals surface area (Å²) >= 11 is 5.99. The minimum absolute atomic E-state index is 0. The van der Waals surface area contributed by atoms with Crippen molar-refractivity contribution < 1.29 is 9.59 Å². The zero-order valence-corrected chi connectivity index (χ0v) is 19.5. The fourth-order valence-electron chi connectivity index (χ4n) is 2.92. The van der Waals surface area contributed by atoms with Crippen LogP contribution < -0.4 is 10.6 Å². The molecule has 0 atom stereocenters. The minimum atomic E-state index is -0.0537. The molecular formula is C19H29ClIN5O2. The van der Waals surface area contributed by atoms with Crippen LogP contribution in [0.15, 0.2) is 29.3 Å². The van der Waals surface area contributed by atoms with Gasteiger partial charge in [0.05, 0.1) is 13.0 Å². The number of benzene rings is 1. The van der Waals surface area contributed by atoms with Crippen molar-refractivity contribution >= 4 is 53.4 Å². The largest absolute Gasteiger partial charge is 0.357 e. The molecule has 0 unspecified atom stereocenters. The van der Waals surface area contributed by atoms with Gasteiger partial charge in [0.25, 0.3) is 0 Å². The molecule has 9 heteroatoms. The summed E-state index contributed by atoms with van der Waals surface area (Å²) < 4.78 is 0. The summed E-state index contributed by atoms with van der Waals surface area (Å²) in [5.41, 5.74) is 0.933. The fourth-order valence-corrected chi connectivity index (χ4v) is 3.13. The number of nitrogens with one attached hydrogen (secondary N) is 2. The first kappa shape index (κ1) is 24.5. The Labute approximate surface area is 188 Å². The molecule has 2 N–H and O–H groups in total. The van der Waals surface area contributed by atoms with Gasteiger partial charge in [-0.2, -0.15) is 0 Å². The first-order chi connectivity index (χ1) is 13.0. The summed E-state index contributed by atoms with van der Waals surface area (Å²) in [4.78, 5) is 32.1. The molecule has 1 aromatic rings. The molecule has 156 valence electrons. The van der Waals surface area contributed by atoms with Gasteiger partial charge in [0, 0.05) is 51.2 Å². The third-order valence-electron chi connectivity index (χ3n) is 4.26. The molecule has 0 bridgehead atoms. The topological polar surface area (TPSA) is 77.0 Å². The van der Waals surface area contributed by atoms with E-state index in [1.54, 1.807) is 0 Å². The summed E-state index contributed by atoms with van der Waals surface area (Å²) in [7, 11) is 0. The molecule has 2 amide bonds. The number of hydrogen-bond acceptors (Lipinski definition) is 3. The van der Waals surface area contributed by atoms with E-state index in [1.807, 2.05) is 36.1 Å². The van der Waals surface area contributed by atoms with Crippen molar-refractivity contribution in [1.29, 1.82) is 0 Å². The van der Waals surface area contributed by atoms with Gasteiger partial charge in [-0.05, 0) is 24.6 Å². The van der Waals surface area contributed by atoms with Crippen LogP contribution in [-0.4, -0.2) is 73.4 Å². The second kappa shape index (κ2) is 12.8. The highest BCUT2D eigenvalue weighted by molar-refractivity contribution is 14.0. The van der Waals surface area contributed by atoms with Crippen LogP contribution >= 0.6 is 35.6 Å². The van der Waals surface area contributed by atoms with Crippen molar-refractivity contribution in [2.45, 2.75) is 20.3 Å². The molecule has 0 radical (unpaired) electrons. The monoisotopic (exact) mass is 521 g/mol. The number of piperazine rings is 1. The third-order valence-corrected chi connectivity index (χ3v) is 4.49. The van der Waals surface area contributed by atoms with E-state index in [2.05, 4.69) is 20.5 Å². The Bertz CT molecular complexity index is 678. The van der Waals surface area contributed by atoms with E-state index < -0.39 is 0 Å². The van der Waals surface area contributed by atoms with Crippen molar-refractivity contribution in [3.05, 3.63) is 34.9 Å². The Morgan fingerprint density at radius 1 is 1.14 bits per heavy atom. The zero-order valence-electron chi connectivity index (χ0n) is 16.4. The van der Waals surface area contributed by atoms with Gasteiger partial charge in [-0.25, -0.2) is 0 Å². The standard InChI is InChI=1S/C19H28ClN5O2.HI/c1-3-21-19(23-8-7-22-15(2)26)25-11-9-24(10-12-25)18(27)14-16-5-4-6-17(20)13-16;/h4-6,13H,3,7-12,14H2,1-2H3,(H,21,23)(H,22,26);1H. The van der Waals surface area contributed by atoms with Gasteiger partial charge < -0.3 is 20.4 Å². The first-order valence-electron chi connectivity index (χ1n) is 9.29. The summed E-state index contributed by atoms with van der Waals surface area (Å²) in [6, 6.07) is 7.43. The molecule has 1 aliphatic heterocycles. The molecule has 7 nitrogen and oxygen atoms in total. The average Bonchev–Trinajstić information content (AvgIpc) is 2.64. The van der Waals surface area contributed by atoms with E-state index in [9.17, 15) is 9.59 Å². The molecule has 1 fully saturated rings. The van der Waals surface area contributed by atoms with Gasteiger partial charge in [0.1, 0.15) is 0 Å². The predicted molar refractivity (Wildman–Crippen MR) is 123 cm³/mol. The van der Waals surface area contributed by atoms with Gasteiger partial charge in [0.2, 0.25) is 11.8 Å². The molecule has 28 heavy (non-hydrogen) atoms. The Kier molecular flexibility index (Phi) is 11.2. The Balaban J connectivity index is 0.00000392. The van der Waals surface area contributed by atoms with Crippen LogP contribution in [0, 0.1) is 0 Å². The molecule has 1 aliphatic rings. The number of halogens is 2. The van der Waals surface area contributed by atoms with E-state index in [4.69, 9.17) is 11.6 Å². The van der Waals surface area contributed by atoms with Crippen molar-refractivity contribution in [1.82, 2.24) is 20.4 Å². The Hall–Kier alpha value is -1.55. The SMILES string of the molecule is CCNC(=NCCNC(C)=O)N1CCN(C(=O)Cc2cccc(Cl)c2)CC1.I. The van der Waals surface area contributed by atoms with E-state index in [1.165, 1.54) is 6.92 Å². The van der Waals surface area contributed by atoms with Crippen LogP contribution in [0.4, 0.5) is 0 Å². The molecule has 0 aromatic heterocycles. The predicted octanol–water partition coefficient (Wildman–Crippen LogP) is 1.75. The smallest absolute Gasteiger partial charge is 0.227 e. The number of carbonyl (C=O) groups excluding carboxylic acids is 2. The highest BCUT2D eigenvalue weighted by atomic mass is 127. The maximum Gasteiger partial charge on any atom is 0.227 e. The number of amides is 2. The third kappa shape index (κ3) is 8.22. The number of carbonyl (C=O) groups is 2. The van der Waals surface area contributed by atoms with E-state index in [0.717, 1.165) is 31.2 Å². The van der Waals surface area contributed by atoms with Crippen LogP contribution in [0.25, 0.3) is 0 Å². The lowest BCUT2D eigenvalue weighted by atomic mass is 10.1. The highest BCUT2D eigenvalue weighted by Gasteiger charge is 2.23. The maximum absolute atomic E-state index is 12.5. The van der Waals surface area contributed by atoms with Crippen LogP contribution in [0.5, 0.6) is 0 Å². The zero-order chi connectivity index (χ0) is 19.6. The number of aliphatic imine (C=N–C) groups is 1. The summed E-state index contributed by atoms with van der Waals surface area (Å²) in [5.74, 6) is 0.885. The van der Waals surface area contributed by atoms with Gasteiger partial charge in [-0.3, -0.25) is 14.6 Å². The van der Waals surface area contributed by atoms with Crippen molar-refractivity contribution in [2.24, 2.45) is 4.99 Å². The minimum Gasteiger partial charge on any atom is -0.357 e. The molecule has 2 rings (SSSR count). The lowest BCUT2D eigenvalue weighted by molar-refractivity contribution is -0.131. The van der Waals surface area contributed by atoms with Crippen molar-refractivity contribution in [3.8, 4) is 0 Å². The molecule has 1 saturated heterocycles. The van der Waals surface area contributed by atoms with Gasteiger partial charge >= 0.3 is 0 Å². The highest BCUT2D eigenvalue weighted by Crippen LogP contribution is 2.13. The van der Waals surface area contributed by atoms with E-state index in [-0.39, 0.29) is 35.8 Å². The summed E-state index contributed by atoms with van der Waals surface area (Å²) in [6.07, 6.45) is 0.367. The van der Waals surface area contributed by atoms with Crippen LogP contribution in [0.1, 0.15) is 19.4 Å². The quantitative estimate of drug-likeness (QED) is 0.259. The number of rotatable bonds is 6. The van der Waals surface area contributed by atoms with Gasteiger partial charge in [0.15, 0.2) is 5.96 Å². The van der Waals surface area contributed by atoms with Crippen molar-refractivity contribution in [2.75, 3.05) is 45.8 Å². The second-order valence-electron chi connectivity index (χ2n) is 6.39. The normalized spacial score (nSPS) is 14.3. The Morgan fingerprint density at radius 2 is 1.82 bits per heavy atom. The lowest BCUT2D eigenvalue weighted by Gasteiger charge is -2.36. The van der Waals surface area contributed by atoms with Crippen LogP contribution in [0.2, 0.25) is 5.02 Å². The molecule has 1 heterocycles. The first-order valence-corrected chi connectivity index (χ1v) is 9.67. The molecular weight excluding hydrogens is 493 g/mol. The number of nitrogens with zero attached hydrogens (tertiary/aromatic N) is 3. The van der Waals surface area contributed by atoms with E-state index >= 15 is 0 Å². The van der Waals surface area contributed by atoms with Gasteiger partial charge in [-0.1, -0.05) is 23.7 Å². The number of hydrogen-bond donors (Lipinski definition) is 2. The van der Waals surface area contributed by atoms with Crippen molar-refractivity contribution in [3.63, 3.8) is 0 Å². The molecule has 0 aliphatic carbocycles. The average molecular weight is 522 g/mol. The van der Waals surface area contributed by atoms with Crippen LogP contribution in [-0.2, 0) is 16.0 Å². The van der Waals surface area contributed by atoms with Crippen LogP contribution in [0.3, 0.4) is 0 Å². The lowest BCUT2D eigenvalue weighted by Crippen LogP contribution is -2.54. The fraction of sp³-hybridized carbons (Fsp3) is 0.526. The molecule has 0 saturated carbocycles.